The van der Waals surface area contributed by atoms with E-state index in [9.17, 15) is 9.50 Å². The maximum atomic E-state index is 14.1. The number of halogens is 1. The minimum atomic E-state index is -0.802. The van der Waals surface area contributed by atoms with Crippen LogP contribution in [0.5, 0.6) is 0 Å². The lowest BCUT2D eigenvalue weighted by Gasteiger charge is -2.31. The van der Waals surface area contributed by atoms with Gasteiger partial charge in [0, 0.05) is 36.9 Å². The van der Waals surface area contributed by atoms with Gasteiger partial charge in [-0.25, -0.2) is 4.39 Å². The van der Waals surface area contributed by atoms with Crippen molar-refractivity contribution in [1.82, 2.24) is 5.32 Å². The fraction of sp³-hybridized carbons (Fsp3) is 0.625. The molecule has 1 aliphatic rings. The standard InChI is InChI=1S/C16H25FN2O/c1-4-19(11-16(2,3)20)15-7-5-6-14(17)13(15)10-18-12-8-9-12/h5-7,12,18,20H,4,8-11H2,1-3H3. The first-order chi connectivity index (χ1) is 9.40. The van der Waals surface area contributed by atoms with Crippen LogP contribution in [0.25, 0.3) is 0 Å². The average Bonchev–Trinajstić information content (AvgIpc) is 3.17. The van der Waals surface area contributed by atoms with Crippen molar-refractivity contribution in [3.8, 4) is 0 Å². The monoisotopic (exact) mass is 280 g/mol. The molecule has 112 valence electrons. The van der Waals surface area contributed by atoms with Crippen LogP contribution < -0.4 is 10.2 Å². The Balaban J connectivity index is 2.20. The molecule has 0 radical (unpaired) electrons. The zero-order chi connectivity index (χ0) is 14.8. The molecule has 0 atom stereocenters. The second kappa shape index (κ2) is 6.10. The molecule has 1 aromatic rings. The maximum absolute atomic E-state index is 14.1. The van der Waals surface area contributed by atoms with Gasteiger partial charge in [-0.15, -0.1) is 0 Å². The second-order valence-electron chi connectivity index (χ2n) is 6.22. The molecule has 1 aromatic carbocycles. The van der Waals surface area contributed by atoms with E-state index in [-0.39, 0.29) is 5.82 Å². The minimum absolute atomic E-state index is 0.176. The summed E-state index contributed by atoms with van der Waals surface area (Å²) in [6.07, 6.45) is 2.37. The van der Waals surface area contributed by atoms with E-state index in [1.54, 1.807) is 19.9 Å². The van der Waals surface area contributed by atoms with Gasteiger partial charge in [-0.2, -0.15) is 0 Å². The summed E-state index contributed by atoms with van der Waals surface area (Å²) in [7, 11) is 0. The lowest BCUT2D eigenvalue weighted by Crippen LogP contribution is -2.39. The molecular formula is C16H25FN2O. The molecule has 2 rings (SSSR count). The third-order valence-electron chi connectivity index (χ3n) is 3.54. The van der Waals surface area contributed by atoms with Crippen molar-refractivity contribution >= 4 is 5.69 Å². The molecule has 0 heterocycles. The summed E-state index contributed by atoms with van der Waals surface area (Å²) >= 11 is 0. The quantitative estimate of drug-likeness (QED) is 0.806. The summed E-state index contributed by atoms with van der Waals surface area (Å²) in [6, 6.07) is 5.72. The van der Waals surface area contributed by atoms with Crippen LogP contribution in [0, 0.1) is 5.82 Å². The Hall–Kier alpha value is -1.13. The minimum Gasteiger partial charge on any atom is -0.389 e. The van der Waals surface area contributed by atoms with Gasteiger partial charge in [0.25, 0.3) is 0 Å². The Morgan fingerprint density at radius 1 is 1.40 bits per heavy atom. The molecule has 0 aromatic heterocycles. The van der Waals surface area contributed by atoms with Gasteiger partial charge >= 0.3 is 0 Å². The predicted octanol–water partition coefficient (Wildman–Crippen LogP) is 2.67. The molecule has 20 heavy (non-hydrogen) atoms. The third kappa shape index (κ3) is 4.18. The molecule has 2 N–H and O–H groups in total. The SMILES string of the molecule is CCN(CC(C)(C)O)c1cccc(F)c1CNC1CC1. The van der Waals surface area contributed by atoms with Crippen molar-refractivity contribution < 1.29 is 9.50 Å². The number of anilines is 1. The van der Waals surface area contributed by atoms with Gasteiger partial charge in [-0.1, -0.05) is 6.07 Å². The Morgan fingerprint density at radius 3 is 2.65 bits per heavy atom. The number of aliphatic hydroxyl groups is 1. The third-order valence-corrected chi connectivity index (χ3v) is 3.54. The van der Waals surface area contributed by atoms with E-state index in [1.807, 2.05) is 17.9 Å². The van der Waals surface area contributed by atoms with E-state index in [0.717, 1.165) is 12.2 Å². The molecule has 0 bridgehead atoms. The van der Waals surface area contributed by atoms with Gasteiger partial charge in [0.05, 0.1) is 5.60 Å². The fourth-order valence-corrected chi connectivity index (χ4v) is 2.39. The fourth-order valence-electron chi connectivity index (χ4n) is 2.39. The van der Waals surface area contributed by atoms with Crippen LogP contribution in [0.15, 0.2) is 18.2 Å². The van der Waals surface area contributed by atoms with Crippen molar-refractivity contribution in [3.05, 3.63) is 29.6 Å². The highest BCUT2D eigenvalue weighted by atomic mass is 19.1. The smallest absolute Gasteiger partial charge is 0.129 e. The van der Waals surface area contributed by atoms with E-state index in [1.165, 1.54) is 18.9 Å². The highest BCUT2D eigenvalue weighted by Gasteiger charge is 2.24. The highest BCUT2D eigenvalue weighted by Crippen LogP contribution is 2.26. The van der Waals surface area contributed by atoms with Crippen molar-refractivity contribution in [1.29, 1.82) is 0 Å². The van der Waals surface area contributed by atoms with Crippen molar-refractivity contribution in [2.75, 3.05) is 18.0 Å². The molecule has 1 saturated carbocycles. The van der Waals surface area contributed by atoms with E-state index >= 15 is 0 Å². The van der Waals surface area contributed by atoms with Crippen molar-refractivity contribution in [2.24, 2.45) is 0 Å². The van der Waals surface area contributed by atoms with Crippen molar-refractivity contribution in [3.63, 3.8) is 0 Å². The summed E-state index contributed by atoms with van der Waals surface area (Å²) < 4.78 is 14.1. The largest absolute Gasteiger partial charge is 0.389 e. The molecule has 1 aliphatic carbocycles. The van der Waals surface area contributed by atoms with Gasteiger partial charge in [-0.3, -0.25) is 0 Å². The molecular weight excluding hydrogens is 255 g/mol. The molecule has 1 fully saturated rings. The Bertz CT molecular complexity index is 452. The van der Waals surface area contributed by atoms with Crippen LogP contribution in [0.2, 0.25) is 0 Å². The second-order valence-corrected chi connectivity index (χ2v) is 6.22. The number of nitrogens with one attached hydrogen (secondary N) is 1. The van der Waals surface area contributed by atoms with Crippen LogP contribution in [0.1, 0.15) is 39.2 Å². The lowest BCUT2D eigenvalue weighted by molar-refractivity contribution is 0.0875. The van der Waals surface area contributed by atoms with Gasteiger partial charge in [0.1, 0.15) is 5.82 Å². The first-order valence-electron chi connectivity index (χ1n) is 7.39. The molecule has 0 amide bonds. The van der Waals surface area contributed by atoms with Crippen molar-refractivity contribution in [2.45, 2.75) is 51.8 Å². The Morgan fingerprint density at radius 2 is 2.10 bits per heavy atom. The molecule has 0 spiro atoms. The zero-order valence-electron chi connectivity index (χ0n) is 12.6. The normalized spacial score (nSPS) is 15.4. The number of rotatable bonds is 7. The maximum Gasteiger partial charge on any atom is 0.129 e. The lowest BCUT2D eigenvalue weighted by atomic mass is 10.1. The molecule has 3 nitrogen and oxygen atoms in total. The average molecular weight is 280 g/mol. The summed E-state index contributed by atoms with van der Waals surface area (Å²) in [6.45, 7) is 7.35. The Labute approximate surface area is 120 Å². The summed E-state index contributed by atoms with van der Waals surface area (Å²) in [5.74, 6) is -0.176. The van der Waals surface area contributed by atoms with Gasteiger partial charge in [-0.05, 0) is 45.7 Å². The van der Waals surface area contributed by atoms with Crippen LogP contribution in [-0.4, -0.2) is 29.8 Å². The molecule has 4 heteroatoms. The summed E-state index contributed by atoms with van der Waals surface area (Å²) in [4.78, 5) is 2.03. The van der Waals surface area contributed by atoms with Gasteiger partial charge < -0.3 is 15.3 Å². The first-order valence-corrected chi connectivity index (χ1v) is 7.39. The molecule has 0 aliphatic heterocycles. The zero-order valence-corrected chi connectivity index (χ0v) is 12.6. The first kappa shape index (κ1) is 15.3. The highest BCUT2D eigenvalue weighted by molar-refractivity contribution is 5.54. The van der Waals surface area contributed by atoms with Crippen LogP contribution in [0.4, 0.5) is 10.1 Å². The van der Waals surface area contributed by atoms with E-state index < -0.39 is 5.60 Å². The van der Waals surface area contributed by atoms with Crippen LogP contribution >= 0.6 is 0 Å². The number of hydrogen-bond donors (Lipinski definition) is 2. The van der Waals surface area contributed by atoms with E-state index in [0.29, 0.717) is 24.7 Å². The summed E-state index contributed by atoms with van der Waals surface area (Å²) in [5.41, 5.74) is 0.775. The summed E-state index contributed by atoms with van der Waals surface area (Å²) in [5, 5.41) is 13.4. The van der Waals surface area contributed by atoms with Gasteiger partial charge in [0.2, 0.25) is 0 Å². The predicted molar refractivity (Wildman–Crippen MR) is 80.4 cm³/mol. The van der Waals surface area contributed by atoms with Gasteiger partial charge in [0.15, 0.2) is 0 Å². The topological polar surface area (TPSA) is 35.5 Å². The number of hydrogen-bond acceptors (Lipinski definition) is 3. The van der Waals surface area contributed by atoms with E-state index in [4.69, 9.17) is 0 Å². The van der Waals surface area contributed by atoms with Crippen LogP contribution in [-0.2, 0) is 6.54 Å². The number of likely N-dealkylation sites (N-methyl/N-ethyl adjacent to an activating group) is 1. The molecule has 0 saturated heterocycles. The van der Waals surface area contributed by atoms with E-state index in [2.05, 4.69) is 5.32 Å². The number of nitrogens with zero attached hydrogens (tertiary/aromatic N) is 1. The Kier molecular flexibility index (Phi) is 4.66. The number of benzene rings is 1. The molecule has 0 unspecified atom stereocenters. The van der Waals surface area contributed by atoms with Crippen LogP contribution in [0.3, 0.4) is 0 Å².